The Bertz CT molecular complexity index is 24.3. The van der Waals surface area contributed by atoms with Gasteiger partial charge in [-0.3, -0.25) is 0 Å². The van der Waals surface area contributed by atoms with E-state index in [9.17, 15) is 0 Å². The molecule has 0 N–H and O–H groups in total. The van der Waals surface area contributed by atoms with E-state index in [1.54, 1.807) is 0 Å². The van der Waals surface area contributed by atoms with Gasteiger partial charge in [0.2, 0.25) is 0 Å². The minimum Gasteiger partial charge on any atom is -0.413 e. The van der Waals surface area contributed by atoms with Crippen LogP contribution in [0.3, 0.4) is 0 Å². The van der Waals surface area contributed by atoms with Crippen LogP contribution in [0, 0.1) is 0 Å². The van der Waals surface area contributed by atoms with E-state index in [2.05, 4.69) is 0 Å². The summed E-state index contributed by atoms with van der Waals surface area (Å²) in [6.07, 6.45) is 1.02. The van der Waals surface area contributed by atoms with E-state index in [1.807, 2.05) is 0 Å². The van der Waals surface area contributed by atoms with Crippen LogP contribution in [0.15, 0.2) is 0 Å². The van der Waals surface area contributed by atoms with Crippen LogP contribution in [0.2, 0.25) is 0 Å². The summed E-state index contributed by atoms with van der Waals surface area (Å²) in [5.74, 6) is 0. The molecule has 0 amide bonds. The minimum atomic E-state index is 0.819. The van der Waals surface area contributed by atoms with E-state index in [0.717, 1.165) is 19.6 Å². The molecule has 0 unspecified atom stereocenters. The lowest BCUT2D eigenvalue weighted by Gasteiger charge is -2.07. The highest BCUT2D eigenvalue weighted by molar-refractivity contribution is 6.18. The molecule has 0 aromatic carbocycles. The molecule has 1 rings (SSSR count). The van der Waals surface area contributed by atoms with Crippen LogP contribution in [0.1, 0.15) is 6.42 Å². The Kier molecular flexibility index (Phi) is 1.53. The summed E-state index contributed by atoms with van der Waals surface area (Å²) in [5, 5.41) is 0. The Morgan fingerprint density at radius 3 is 2.00 bits per heavy atom. The topological polar surface area (TPSA) is 18.5 Å². The maximum Gasteiger partial charge on any atom is 0.487 e. The SMILES string of the molecule is [B]1OCCCO1. The molecular weight excluding hydrogens is 78.8 g/mol. The van der Waals surface area contributed by atoms with Gasteiger partial charge >= 0.3 is 7.69 Å². The molecule has 2 nitrogen and oxygen atoms in total. The van der Waals surface area contributed by atoms with Crippen molar-refractivity contribution in [1.82, 2.24) is 0 Å². The van der Waals surface area contributed by atoms with E-state index in [0.29, 0.717) is 0 Å². The van der Waals surface area contributed by atoms with Crippen molar-refractivity contribution in [3.63, 3.8) is 0 Å². The third kappa shape index (κ3) is 0.991. The van der Waals surface area contributed by atoms with E-state index in [1.165, 1.54) is 7.69 Å². The molecule has 1 radical (unpaired) electrons. The van der Waals surface area contributed by atoms with Crippen molar-refractivity contribution in [2.24, 2.45) is 0 Å². The van der Waals surface area contributed by atoms with Crippen molar-refractivity contribution in [2.45, 2.75) is 6.42 Å². The van der Waals surface area contributed by atoms with Gasteiger partial charge in [0.05, 0.1) is 0 Å². The van der Waals surface area contributed by atoms with Crippen molar-refractivity contribution in [3.05, 3.63) is 0 Å². The van der Waals surface area contributed by atoms with Crippen molar-refractivity contribution in [3.8, 4) is 0 Å². The number of hydrogen-bond donors (Lipinski definition) is 0. The lowest BCUT2D eigenvalue weighted by Crippen LogP contribution is -2.14. The zero-order valence-corrected chi connectivity index (χ0v) is 3.52. The first-order valence-corrected chi connectivity index (χ1v) is 2.05. The van der Waals surface area contributed by atoms with Crippen molar-refractivity contribution in [2.75, 3.05) is 13.2 Å². The second-order valence-corrected chi connectivity index (χ2v) is 1.19. The maximum absolute atomic E-state index is 4.72. The first kappa shape index (κ1) is 4.15. The van der Waals surface area contributed by atoms with E-state index in [4.69, 9.17) is 9.31 Å². The van der Waals surface area contributed by atoms with Crippen LogP contribution in [0.4, 0.5) is 0 Å². The molecule has 1 aliphatic heterocycles. The smallest absolute Gasteiger partial charge is 0.413 e. The number of hydrogen-bond acceptors (Lipinski definition) is 2. The molecule has 33 valence electrons. The zero-order valence-electron chi connectivity index (χ0n) is 3.52. The highest BCUT2D eigenvalue weighted by Gasteiger charge is 1.99. The van der Waals surface area contributed by atoms with Gasteiger partial charge in [0.15, 0.2) is 0 Å². The standard InChI is InChI=1S/C3H6BO2/c1-2-5-4-6-3-1/h1-3H2. The fourth-order valence-electron chi connectivity index (χ4n) is 0.370. The molecule has 0 atom stereocenters. The molecule has 6 heavy (non-hydrogen) atoms. The van der Waals surface area contributed by atoms with Gasteiger partial charge in [-0.15, -0.1) is 0 Å². The summed E-state index contributed by atoms with van der Waals surface area (Å²) in [6, 6.07) is 0. The Labute approximate surface area is 37.7 Å². The van der Waals surface area contributed by atoms with Crippen LogP contribution in [0.5, 0.6) is 0 Å². The van der Waals surface area contributed by atoms with Gasteiger partial charge in [-0.1, -0.05) is 0 Å². The monoisotopic (exact) mass is 85.0 g/mol. The third-order valence-electron chi connectivity index (χ3n) is 0.660. The Balaban J connectivity index is 2.00. The Hall–Kier alpha value is -0.0151. The van der Waals surface area contributed by atoms with Gasteiger partial charge in [-0.05, 0) is 6.42 Å². The molecule has 3 heteroatoms. The molecule has 1 heterocycles. The molecule has 1 aliphatic rings. The molecule has 1 fully saturated rings. The van der Waals surface area contributed by atoms with Crippen molar-refractivity contribution >= 4 is 7.69 Å². The van der Waals surface area contributed by atoms with Gasteiger partial charge in [0.25, 0.3) is 0 Å². The van der Waals surface area contributed by atoms with E-state index in [-0.39, 0.29) is 0 Å². The van der Waals surface area contributed by atoms with Gasteiger partial charge in [-0.25, -0.2) is 0 Å². The predicted octanol–water partition coefficient (Wildman–Crippen LogP) is -0.0425. The van der Waals surface area contributed by atoms with Crippen LogP contribution in [0.25, 0.3) is 0 Å². The Morgan fingerprint density at radius 2 is 1.83 bits per heavy atom. The average Bonchev–Trinajstić information content (AvgIpc) is 1.72. The van der Waals surface area contributed by atoms with Crippen LogP contribution in [-0.2, 0) is 9.31 Å². The molecule has 0 spiro atoms. The van der Waals surface area contributed by atoms with Gasteiger partial charge in [-0.2, -0.15) is 0 Å². The van der Waals surface area contributed by atoms with Crippen LogP contribution < -0.4 is 0 Å². The van der Waals surface area contributed by atoms with Crippen LogP contribution in [-0.4, -0.2) is 20.9 Å². The predicted molar refractivity (Wildman–Crippen MR) is 22.3 cm³/mol. The normalized spacial score (nSPS) is 22.7. The van der Waals surface area contributed by atoms with Gasteiger partial charge in [0, 0.05) is 13.2 Å². The molecule has 0 aromatic rings. The molecular formula is C3H6BO2. The summed E-state index contributed by atoms with van der Waals surface area (Å²) in [6.45, 7) is 1.64. The van der Waals surface area contributed by atoms with Gasteiger partial charge < -0.3 is 9.31 Å². The maximum atomic E-state index is 4.72. The first-order valence-electron chi connectivity index (χ1n) is 2.05. The van der Waals surface area contributed by atoms with E-state index >= 15 is 0 Å². The fourth-order valence-corrected chi connectivity index (χ4v) is 0.370. The van der Waals surface area contributed by atoms with Crippen LogP contribution >= 0.6 is 0 Å². The summed E-state index contributed by atoms with van der Waals surface area (Å²) in [5.41, 5.74) is 0. The molecule has 0 bridgehead atoms. The Morgan fingerprint density at radius 1 is 1.17 bits per heavy atom. The lowest BCUT2D eigenvalue weighted by atomic mass is 10.3. The molecule has 0 saturated carbocycles. The number of rotatable bonds is 0. The molecule has 1 saturated heterocycles. The summed E-state index contributed by atoms with van der Waals surface area (Å²) < 4.78 is 9.44. The summed E-state index contributed by atoms with van der Waals surface area (Å²) in [4.78, 5) is 0. The highest BCUT2D eigenvalue weighted by Crippen LogP contribution is 1.89. The zero-order chi connectivity index (χ0) is 4.24. The van der Waals surface area contributed by atoms with Crippen molar-refractivity contribution in [1.29, 1.82) is 0 Å². The average molecular weight is 84.9 g/mol. The third-order valence-corrected chi connectivity index (χ3v) is 0.660. The molecule has 0 aliphatic carbocycles. The largest absolute Gasteiger partial charge is 0.487 e. The summed E-state index contributed by atoms with van der Waals surface area (Å²) >= 11 is 0. The van der Waals surface area contributed by atoms with E-state index < -0.39 is 0 Å². The fraction of sp³-hybridized carbons (Fsp3) is 1.00. The molecule has 0 aromatic heterocycles. The van der Waals surface area contributed by atoms with Gasteiger partial charge in [0.1, 0.15) is 0 Å². The highest BCUT2D eigenvalue weighted by atomic mass is 16.6. The first-order chi connectivity index (χ1) is 3.00. The summed E-state index contributed by atoms with van der Waals surface area (Å²) in [7, 11) is 1.39. The van der Waals surface area contributed by atoms with Crippen molar-refractivity contribution < 1.29 is 9.31 Å². The lowest BCUT2D eigenvalue weighted by molar-refractivity contribution is 0.156. The quantitative estimate of drug-likeness (QED) is 0.384. The second kappa shape index (κ2) is 2.21. The minimum absolute atomic E-state index is 0.819. The second-order valence-electron chi connectivity index (χ2n) is 1.19.